The van der Waals surface area contributed by atoms with Crippen molar-refractivity contribution in [3.8, 4) is 17.2 Å². The zero-order valence-corrected chi connectivity index (χ0v) is 20.0. The molecule has 0 bridgehead atoms. The molecule has 0 radical (unpaired) electrons. The van der Waals surface area contributed by atoms with Crippen LogP contribution < -0.4 is 19.5 Å². The minimum absolute atomic E-state index is 0.0492. The van der Waals surface area contributed by atoms with Gasteiger partial charge in [0.05, 0.1) is 20.3 Å². The second kappa shape index (κ2) is 11.4. The zero-order chi connectivity index (χ0) is 23.0. The van der Waals surface area contributed by atoms with E-state index in [0.717, 1.165) is 48.7 Å². The zero-order valence-electron chi connectivity index (χ0n) is 19.2. The molecule has 4 rings (SSSR count). The quantitative estimate of drug-likeness (QED) is 0.486. The second-order valence-electron chi connectivity index (χ2n) is 8.12. The first-order chi connectivity index (χ1) is 16.2. The van der Waals surface area contributed by atoms with Gasteiger partial charge in [-0.3, -0.25) is 4.90 Å². The van der Waals surface area contributed by atoms with Crippen molar-refractivity contribution in [2.24, 2.45) is 0 Å². The Bertz CT molecular complexity index is 994. The molecular formula is C27H31ClN2O3. The van der Waals surface area contributed by atoms with Crippen LogP contribution >= 0.6 is 11.6 Å². The Kier molecular flexibility index (Phi) is 8.10. The third-order valence-corrected chi connectivity index (χ3v) is 6.20. The summed E-state index contributed by atoms with van der Waals surface area (Å²) in [6.45, 7) is 4.37. The van der Waals surface area contributed by atoms with Crippen molar-refractivity contribution < 1.29 is 14.2 Å². The summed E-state index contributed by atoms with van der Waals surface area (Å²) in [6, 6.07) is 22.4. The second-order valence-corrected chi connectivity index (χ2v) is 8.56. The Morgan fingerprint density at radius 2 is 1.58 bits per heavy atom. The first-order valence-electron chi connectivity index (χ1n) is 11.3. The Morgan fingerprint density at radius 3 is 2.24 bits per heavy atom. The molecule has 1 aliphatic heterocycles. The average Bonchev–Trinajstić information content (AvgIpc) is 3.14. The van der Waals surface area contributed by atoms with Crippen LogP contribution in [0.1, 0.15) is 29.2 Å². The van der Waals surface area contributed by atoms with Gasteiger partial charge in [0.2, 0.25) is 5.75 Å². The van der Waals surface area contributed by atoms with E-state index in [-0.39, 0.29) is 6.04 Å². The maximum atomic E-state index is 6.20. The largest absolute Gasteiger partial charge is 0.493 e. The number of benzene rings is 3. The van der Waals surface area contributed by atoms with Gasteiger partial charge in [-0.25, -0.2) is 0 Å². The predicted molar refractivity (Wildman–Crippen MR) is 133 cm³/mol. The van der Waals surface area contributed by atoms with E-state index in [0.29, 0.717) is 23.9 Å². The first-order valence-corrected chi connectivity index (χ1v) is 11.7. The fourth-order valence-corrected chi connectivity index (χ4v) is 4.44. The standard InChI is InChI=1S/C27H31ClN2O3/c1-31-24-17-22(18-25(32-2)27(24)33-19-20-7-4-3-5-8-20)26(21-9-11-23(28)12-10-21)30-15-6-13-29-14-16-30/h3-5,7-12,17-18,26,29H,6,13-16,19H2,1-2H3. The molecule has 1 aliphatic rings. The molecule has 1 heterocycles. The highest BCUT2D eigenvalue weighted by atomic mass is 35.5. The van der Waals surface area contributed by atoms with Crippen LogP contribution in [0.2, 0.25) is 5.02 Å². The SMILES string of the molecule is COc1cc(C(c2ccc(Cl)cc2)N2CCCNCC2)cc(OC)c1OCc1ccccc1. The molecule has 0 aromatic heterocycles. The van der Waals surface area contributed by atoms with E-state index in [4.69, 9.17) is 25.8 Å². The van der Waals surface area contributed by atoms with Gasteiger partial charge >= 0.3 is 0 Å². The van der Waals surface area contributed by atoms with Gasteiger partial charge in [0.15, 0.2) is 11.5 Å². The van der Waals surface area contributed by atoms with Crippen molar-refractivity contribution in [1.82, 2.24) is 10.2 Å². The van der Waals surface area contributed by atoms with Gasteiger partial charge in [0.1, 0.15) is 6.61 Å². The summed E-state index contributed by atoms with van der Waals surface area (Å²) in [6.07, 6.45) is 1.09. The van der Waals surface area contributed by atoms with Crippen LogP contribution in [0.4, 0.5) is 0 Å². The number of rotatable bonds is 8. The fraction of sp³-hybridized carbons (Fsp3) is 0.333. The van der Waals surface area contributed by atoms with Crippen LogP contribution in [0.3, 0.4) is 0 Å². The average molecular weight is 467 g/mol. The lowest BCUT2D eigenvalue weighted by Crippen LogP contribution is -2.33. The van der Waals surface area contributed by atoms with E-state index in [1.165, 1.54) is 5.56 Å². The normalized spacial score (nSPS) is 15.5. The van der Waals surface area contributed by atoms with E-state index >= 15 is 0 Å². The number of hydrogen-bond acceptors (Lipinski definition) is 5. The topological polar surface area (TPSA) is 43.0 Å². The minimum Gasteiger partial charge on any atom is -0.493 e. The highest BCUT2D eigenvalue weighted by Gasteiger charge is 2.26. The van der Waals surface area contributed by atoms with Gasteiger partial charge in [-0.15, -0.1) is 0 Å². The monoisotopic (exact) mass is 466 g/mol. The molecule has 5 nitrogen and oxygen atoms in total. The van der Waals surface area contributed by atoms with E-state index in [2.05, 4.69) is 34.5 Å². The maximum Gasteiger partial charge on any atom is 0.203 e. The molecule has 0 aliphatic carbocycles. The van der Waals surface area contributed by atoms with E-state index in [1.54, 1.807) is 14.2 Å². The Morgan fingerprint density at radius 1 is 0.879 bits per heavy atom. The van der Waals surface area contributed by atoms with Gasteiger partial charge in [-0.1, -0.05) is 54.1 Å². The van der Waals surface area contributed by atoms with Crippen molar-refractivity contribution in [3.63, 3.8) is 0 Å². The van der Waals surface area contributed by atoms with E-state index in [9.17, 15) is 0 Å². The molecule has 0 amide bonds. The number of ether oxygens (including phenoxy) is 3. The summed E-state index contributed by atoms with van der Waals surface area (Å²) < 4.78 is 17.7. The summed E-state index contributed by atoms with van der Waals surface area (Å²) in [7, 11) is 3.34. The van der Waals surface area contributed by atoms with Crippen molar-refractivity contribution in [3.05, 3.63) is 88.4 Å². The Hall–Kier alpha value is -2.73. The van der Waals surface area contributed by atoms with Gasteiger partial charge < -0.3 is 19.5 Å². The van der Waals surface area contributed by atoms with Crippen LogP contribution in [-0.2, 0) is 6.61 Å². The molecule has 174 valence electrons. The number of hydrogen-bond donors (Lipinski definition) is 1. The van der Waals surface area contributed by atoms with Crippen molar-refractivity contribution in [2.45, 2.75) is 19.1 Å². The molecule has 3 aromatic rings. The molecule has 1 N–H and O–H groups in total. The third kappa shape index (κ3) is 5.80. The lowest BCUT2D eigenvalue weighted by molar-refractivity contribution is 0.237. The lowest BCUT2D eigenvalue weighted by Gasteiger charge is -2.32. The van der Waals surface area contributed by atoms with E-state index < -0.39 is 0 Å². The molecule has 6 heteroatoms. The number of methoxy groups -OCH3 is 2. The van der Waals surface area contributed by atoms with Crippen LogP contribution in [0, 0.1) is 0 Å². The lowest BCUT2D eigenvalue weighted by atomic mass is 9.96. The molecule has 1 unspecified atom stereocenters. The molecule has 33 heavy (non-hydrogen) atoms. The van der Waals surface area contributed by atoms with Gasteiger partial charge in [0.25, 0.3) is 0 Å². The molecular weight excluding hydrogens is 436 g/mol. The predicted octanol–water partition coefficient (Wildman–Crippen LogP) is 5.32. The highest BCUT2D eigenvalue weighted by Crippen LogP contribution is 2.43. The Balaban J connectivity index is 1.72. The summed E-state index contributed by atoms with van der Waals surface area (Å²) in [5, 5.41) is 4.23. The van der Waals surface area contributed by atoms with Gasteiger partial charge in [-0.05, 0) is 53.9 Å². The molecule has 3 aromatic carbocycles. The molecule has 1 fully saturated rings. The number of halogens is 1. The smallest absolute Gasteiger partial charge is 0.203 e. The third-order valence-electron chi connectivity index (χ3n) is 5.95. The first kappa shape index (κ1) is 23.4. The number of nitrogens with zero attached hydrogens (tertiary/aromatic N) is 1. The van der Waals surface area contributed by atoms with Crippen LogP contribution in [-0.4, -0.2) is 45.3 Å². The Labute approximate surface area is 201 Å². The molecule has 1 saturated heterocycles. The summed E-state index contributed by atoms with van der Waals surface area (Å²) in [4.78, 5) is 2.50. The van der Waals surface area contributed by atoms with Gasteiger partial charge in [0, 0.05) is 24.7 Å². The molecule has 1 atom stereocenters. The highest BCUT2D eigenvalue weighted by molar-refractivity contribution is 6.30. The number of nitrogens with one attached hydrogen (secondary N) is 1. The van der Waals surface area contributed by atoms with Gasteiger partial charge in [-0.2, -0.15) is 0 Å². The van der Waals surface area contributed by atoms with E-state index in [1.807, 2.05) is 42.5 Å². The molecule has 0 spiro atoms. The van der Waals surface area contributed by atoms with Crippen LogP contribution in [0.5, 0.6) is 17.2 Å². The molecule has 0 saturated carbocycles. The van der Waals surface area contributed by atoms with Crippen molar-refractivity contribution in [1.29, 1.82) is 0 Å². The van der Waals surface area contributed by atoms with Crippen molar-refractivity contribution >= 4 is 11.6 Å². The summed E-state index contributed by atoms with van der Waals surface area (Å²) >= 11 is 6.20. The van der Waals surface area contributed by atoms with Crippen LogP contribution in [0.25, 0.3) is 0 Å². The fourth-order valence-electron chi connectivity index (χ4n) is 4.31. The van der Waals surface area contributed by atoms with Crippen LogP contribution in [0.15, 0.2) is 66.7 Å². The maximum absolute atomic E-state index is 6.20. The summed E-state index contributed by atoms with van der Waals surface area (Å²) in [5.41, 5.74) is 3.37. The summed E-state index contributed by atoms with van der Waals surface area (Å²) in [5.74, 6) is 1.93. The van der Waals surface area contributed by atoms with Crippen molar-refractivity contribution in [2.75, 3.05) is 40.4 Å². The minimum atomic E-state index is 0.0492.